The molecule has 0 saturated heterocycles. The lowest BCUT2D eigenvalue weighted by atomic mass is 10.2. The Morgan fingerprint density at radius 3 is 2.83 bits per heavy atom. The smallest absolute Gasteiger partial charge is 0.387 e. The van der Waals surface area contributed by atoms with Gasteiger partial charge in [-0.1, -0.05) is 12.1 Å². The molecule has 0 saturated carbocycles. The topological polar surface area (TPSA) is 129 Å². The summed E-state index contributed by atoms with van der Waals surface area (Å²) in [6.45, 7) is -2.99. The molecule has 0 fully saturated rings. The second kappa shape index (κ2) is 7.06. The molecule has 9 nitrogen and oxygen atoms in total. The van der Waals surface area contributed by atoms with E-state index in [1.165, 1.54) is 18.2 Å². The van der Waals surface area contributed by atoms with Gasteiger partial charge in [-0.25, -0.2) is 9.97 Å². The molecule has 23 heavy (non-hydrogen) atoms. The van der Waals surface area contributed by atoms with Crippen LogP contribution < -0.4 is 15.9 Å². The van der Waals surface area contributed by atoms with Crippen molar-refractivity contribution in [2.24, 2.45) is 5.10 Å². The molecule has 0 aliphatic carbocycles. The maximum Gasteiger partial charge on any atom is 0.387 e. The van der Waals surface area contributed by atoms with Gasteiger partial charge >= 0.3 is 12.3 Å². The molecule has 0 spiro atoms. The zero-order valence-electron chi connectivity index (χ0n) is 11.4. The van der Waals surface area contributed by atoms with Crippen LogP contribution in [0.2, 0.25) is 0 Å². The van der Waals surface area contributed by atoms with Crippen LogP contribution >= 0.6 is 0 Å². The van der Waals surface area contributed by atoms with Crippen LogP contribution in [-0.4, -0.2) is 27.7 Å². The minimum atomic E-state index is -2.99. The molecule has 1 aromatic carbocycles. The van der Waals surface area contributed by atoms with Gasteiger partial charge in [0.2, 0.25) is 11.6 Å². The van der Waals surface area contributed by atoms with Crippen molar-refractivity contribution in [3.05, 3.63) is 46.3 Å². The minimum absolute atomic E-state index is 0.0928. The van der Waals surface area contributed by atoms with Gasteiger partial charge < -0.3 is 10.5 Å². The zero-order valence-corrected chi connectivity index (χ0v) is 11.4. The molecule has 2 aromatic rings. The zero-order chi connectivity index (χ0) is 16.8. The Kier molecular flexibility index (Phi) is 4.92. The normalized spacial score (nSPS) is 10.9. The summed E-state index contributed by atoms with van der Waals surface area (Å²) in [5.41, 5.74) is 7.41. The highest BCUT2D eigenvalue weighted by Gasteiger charge is 2.20. The number of nitrogens with one attached hydrogen (secondary N) is 1. The van der Waals surface area contributed by atoms with E-state index in [2.05, 4.69) is 25.2 Å². The fourth-order valence-corrected chi connectivity index (χ4v) is 1.61. The molecule has 120 valence electrons. The van der Waals surface area contributed by atoms with Crippen molar-refractivity contribution < 1.29 is 18.4 Å². The lowest BCUT2D eigenvalue weighted by Crippen LogP contribution is -2.06. The van der Waals surface area contributed by atoms with Crippen molar-refractivity contribution in [3.8, 4) is 5.75 Å². The van der Waals surface area contributed by atoms with Gasteiger partial charge in [0.25, 0.3) is 0 Å². The number of aromatic nitrogens is 2. The highest BCUT2D eigenvalue weighted by Crippen LogP contribution is 2.26. The predicted octanol–water partition coefficient (Wildman–Crippen LogP) is 2.01. The first kappa shape index (κ1) is 16.0. The number of hydrogen-bond acceptors (Lipinski definition) is 8. The molecule has 3 N–H and O–H groups in total. The van der Waals surface area contributed by atoms with Gasteiger partial charge in [0.15, 0.2) is 0 Å². The van der Waals surface area contributed by atoms with E-state index in [9.17, 15) is 18.9 Å². The fourth-order valence-electron chi connectivity index (χ4n) is 1.61. The molecule has 1 heterocycles. The molecule has 0 radical (unpaired) electrons. The van der Waals surface area contributed by atoms with Gasteiger partial charge in [0, 0.05) is 5.56 Å². The van der Waals surface area contributed by atoms with E-state index in [0.717, 1.165) is 12.5 Å². The van der Waals surface area contributed by atoms with Gasteiger partial charge in [0.05, 0.1) is 11.1 Å². The molecule has 0 atom stereocenters. The summed E-state index contributed by atoms with van der Waals surface area (Å²) < 4.78 is 28.9. The first-order valence-electron chi connectivity index (χ1n) is 6.07. The standard InChI is InChI=1S/C12H10F2N6O3/c13-12(14)23-8-4-2-1-3-7(8)5-18-19-11-9(20(21)22)10(15)16-6-17-11/h1-6,12H,(H3,15,16,17,19)/b18-5-. The number of nitrogen functional groups attached to an aromatic ring is 1. The maximum absolute atomic E-state index is 12.3. The summed E-state index contributed by atoms with van der Waals surface area (Å²) in [6, 6.07) is 5.91. The molecule has 11 heteroatoms. The van der Waals surface area contributed by atoms with E-state index < -0.39 is 17.2 Å². The number of hydrazone groups is 1. The molecule has 0 aliphatic rings. The van der Waals surface area contributed by atoms with Crippen LogP contribution in [0, 0.1) is 10.1 Å². The van der Waals surface area contributed by atoms with Crippen molar-refractivity contribution in [1.82, 2.24) is 9.97 Å². The van der Waals surface area contributed by atoms with Crippen LogP contribution in [0.5, 0.6) is 5.75 Å². The molecule has 0 amide bonds. The van der Waals surface area contributed by atoms with Gasteiger partial charge in [-0.3, -0.25) is 15.5 Å². The van der Waals surface area contributed by atoms with Crippen molar-refractivity contribution in [3.63, 3.8) is 0 Å². The van der Waals surface area contributed by atoms with Crippen molar-refractivity contribution in [2.45, 2.75) is 6.61 Å². The van der Waals surface area contributed by atoms with E-state index in [-0.39, 0.29) is 22.9 Å². The Morgan fingerprint density at radius 1 is 1.39 bits per heavy atom. The second-order valence-corrected chi connectivity index (χ2v) is 4.00. The average Bonchev–Trinajstić information content (AvgIpc) is 2.48. The fraction of sp³-hybridized carbons (Fsp3) is 0.0833. The van der Waals surface area contributed by atoms with Crippen LogP contribution in [0.15, 0.2) is 35.7 Å². The second-order valence-electron chi connectivity index (χ2n) is 4.00. The first-order chi connectivity index (χ1) is 11.0. The molecular weight excluding hydrogens is 314 g/mol. The summed E-state index contributed by atoms with van der Waals surface area (Å²) in [7, 11) is 0. The number of alkyl halides is 2. The Bertz CT molecular complexity index is 740. The number of nitrogens with two attached hydrogens (primary N) is 1. The predicted molar refractivity (Wildman–Crippen MR) is 77.4 cm³/mol. The van der Waals surface area contributed by atoms with E-state index in [0.29, 0.717) is 0 Å². The number of para-hydroxylation sites is 1. The van der Waals surface area contributed by atoms with Crippen molar-refractivity contribution in [2.75, 3.05) is 11.2 Å². The number of hydrogen-bond donors (Lipinski definition) is 2. The van der Waals surface area contributed by atoms with Gasteiger partial charge in [-0.2, -0.15) is 13.9 Å². The Hall–Kier alpha value is -3.37. The van der Waals surface area contributed by atoms with E-state index in [1.807, 2.05) is 0 Å². The maximum atomic E-state index is 12.3. The van der Waals surface area contributed by atoms with E-state index >= 15 is 0 Å². The minimum Gasteiger partial charge on any atom is -0.434 e. The molecular formula is C12H10F2N6O3. The molecule has 0 aliphatic heterocycles. The average molecular weight is 324 g/mol. The van der Waals surface area contributed by atoms with Crippen LogP contribution in [0.3, 0.4) is 0 Å². The SMILES string of the molecule is Nc1ncnc(N/N=C\c2ccccc2OC(F)F)c1[N+](=O)[O-]. The van der Waals surface area contributed by atoms with Gasteiger partial charge in [-0.15, -0.1) is 0 Å². The van der Waals surface area contributed by atoms with E-state index in [1.54, 1.807) is 6.07 Å². The summed E-state index contributed by atoms with van der Waals surface area (Å²) >= 11 is 0. The largest absolute Gasteiger partial charge is 0.434 e. The summed E-state index contributed by atoms with van der Waals surface area (Å²) in [5.74, 6) is -0.653. The van der Waals surface area contributed by atoms with Gasteiger partial charge in [0.1, 0.15) is 12.1 Å². The number of nitrogens with zero attached hydrogens (tertiary/aromatic N) is 4. The number of rotatable bonds is 6. The number of halogens is 2. The van der Waals surface area contributed by atoms with Crippen LogP contribution in [0.25, 0.3) is 0 Å². The molecule has 0 bridgehead atoms. The van der Waals surface area contributed by atoms with Crippen LogP contribution in [-0.2, 0) is 0 Å². The Balaban J connectivity index is 2.21. The molecule has 0 unspecified atom stereocenters. The Labute approximate surface area is 128 Å². The third-order valence-electron chi connectivity index (χ3n) is 2.54. The molecule has 2 rings (SSSR count). The third-order valence-corrected chi connectivity index (χ3v) is 2.54. The van der Waals surface area contributed by atoms with Crippen LogP contribution in [0.4, 0.5) is 26.1 Å². The lowest BCUT2D eigenvalue weighted by Gasteiger charge is -2.07. The Morgan fingerprint density at radius 2 is 2.13 bits per heavy atom. The number of anilines is 2. The lowest BCUT2D eigenvalue weighted by molar-refractivity contribution is -0.383. The number of nitro groups is 1. The van der Waals surface area contributed by atoms with Crippen molar-refractivity contribution in [1.29, 1.82) is 0 Å². The highest BCUT2D eigenvalue weighted by molar-refractivity contribution is 5.84. The van der Waals surface area contributed by atoms with Crippen molar-refractivity contribution >= 4 is 23.5 Å². The molecule has 1 aromatic heterocycles. The summed E-state index contributed by atoms with van der Waals surface area (Å²) in [6.07, 6.45) is 2.17. The number of benzene rings is 1. The first-order valence-corrected chi connectivity index (χ1v) is 6.07. The monoisotopic (exact) mass is 324 g/mol. The number of ether oxygens (including phenoxy) is 1. The van der Waals surface area contributed by atoms with E-state index in [4.69, 9.17) is 5.73 Å². The quantitative estimate of drug-likeness (QED) is 0.472. The van der Waals surface area contributed by atoms with Gasteiger partial charge in [-0.05, 0) is 12.1 Å². The highest BCUT2D eigenvalue weighted by atomic mass is 19.3. The summed E-state index contributed by atoms with van der Waals surface area (Å²) in [5, 5.41) is 14.6. The van der Waals surface area contributed by atoms with Crippen LogP contribution in [0.1, 0.15) is 5.56 Å². The third kappa shape index (κ3) is 4.06. The summed E-state index contributed by atoms with van der Waals surface area (Å²) in [4.78, 5) is 17.3.